The quantitative estimate of drug-likeness (QED) is 0.741. The monoisotopic (exact) mass is 284 g/mol. The number of nitrogens with one attached hydrogen (secondary N) is 1. The van der Waals surface area contributed by atoms with Gasteiger partial charge in [0.1, 0.15) is 0 Å². The zero-order chi connectivity index (χ0) is 15.1. The van der Waals surface area contributed by atoms with Gasteiger partial charge in [-0.05, 0) is 25.2 Å². The zero-order valence-electron chi connectivity index (χ0n) is 14.5. The lowest BCUT2D eigenvalue weighted by Gasteiger charge is -2.47. The standard InChI is InChI=1S/C17H36N2O/c1-7-9-15-11-19(16(10-18-15)13(3)4)17(14(5)6)12-20-8-2/h13-18H,7-12H2,1-6H3. The molecule has 1 heterocycles. The second-order valence-electron chi connectivity index (χ2n) is 6.87. The first kappa shape index (κ1) is 17.9. The Labute approximate surface area is 126 Å². The molecule has 0 amide bonds. The van der Waals surface area contributed by atoms with Crippen LogP contribution in [-0.4, -0.2) is 49.3 Å². The van der Waals surface area contributed by atoms with Crippen LogP contribution in [0.1, 0.15) is 54.4 Å². The molecule has 0 aliphatic carbocycles. The number of rotatable bonds is 8. The Hall–Kier alpha value is -0.120. The predicted octanol–water partition coefficient (Wildman–Crippen LogP) is 3.15. The Morgan fingerprint density at radius 3 is 2.40 bits per heavy atom. The SMILES string of the molecule is CCCC1CN(C(COCC)C(C)C)C(C(C)C)CN1. The van der Waals surface area contributed by atoms with Gasteiger partial charge in [-0.1, -0.05) is 41.0 Å². The summed E-state index contributed by atoms with van der Waals surface area (Å²) in [5.74, 6) is 1.33. The molecular weight excluding hydrogens is 248 g/mol. The van der Waals surface area contributed by atoms with Crippen LogP contribution in [0.15, 0.2) is 0 Å². The molecule has 0 spiro atoms. The van der Waals surface area contributed by atoms with Gasteiger partial charge < -0.3 is 10.1 Å². The Bertz CT molecular complexity index is 255. The molecule has 0 aromatic rings. The lowest BCUT2D eigenvalue weighted by molar-refractivity contribution is -0.0125. The molecule has 1 aliphatic heterocycles. The highest BCUT2D eigenvalue weighted by Crippen LogP contribution is 2.23. The third-order valence-electron chi connectivity index (χ3n) is 4.57. The van der Waals surface area contributed by atoms with E-state index >= 15 is 0 Å². The summed E-state index contributed by atoms with van der Waals surface area (Å²) < 4.78 is 5.77. The molecule has 1 fully saturated rings. The van der Waals surface area contributed by atoms with Gasteiger partial charge in [0.15, 0.2) is 0 Å². The third kappa shape index (κ3) is 5.01. The van der Waals surface area contributed by atoms with Gasteiger partial charge in [-0.25, -0.2) is 0 Å². The minimum atomic E-state index is 0.545. The van der Waals surface area contributed by atoms with E-state index in [-0.39, 0.29) is 0 Å². The van der Waals surface area contributed by atoms with Crippen LogP contribution in [0.4, 0.5) is 0 Å². The molecule has 0 bridgehead atoms. The average molecular weight is 284 g/mol. The van der Waals surface area contributed by atoms with Gasteiger partial charge in [-0.2, -0.15) is 0 Å². The van der Waals surface area contributed by atoms with Crippen LogP contribution in [-0.2, 0) is 4.74 Å². The van der Waals surface area contributed by atoms with E-state index in [9.17, 15) is 0 Å². The topological polar surface area (TPSA) is 24.5 Å². The molecule has 120 valence electrons. The first-order valence-corrected chi connectivity index (χ1v) is 8.58. The fourth-order valence-electron chi connectivity index (χ4n) is 3.31. The maximum Gasteiger partial charge on any atom is 0.0624 e. The van der Waals surface area contributed by atoms with Crippen LogP contribution < -0.4 is 5.32 Å². The molecule has 1 N–H and O–H groups in total. The van der Waals surface area contributed by atoms with Gasteiger partial charge >= 0.3 is 0 Å². The number of hydrogen-bond donors (Lipinski definition) is 1. The first-order chi connectivity index (χ1) is 9.51. The van der Waals surface area contributed by atoms with E-state index in [2.05, 4.69) is 51.8 Å². The smallest absolute Gasteiger partial charge is 0.0624 e. The second kappa shape index (κ2) is 9.01. The number of nitrogens with zero attached hydrogens (tertiary/aromatic N) is 1. The van der Waals surface area contributed by atoms with Crippen LogP contribution in [0.3, 0.4) is 0 Å². The van der Waals surface area contributed by atoms with E-state index in [0.717, 1.165) is 19.8 Å². The molecule has 3 nitrogen and oxygen atoms in total. The summed E-state index contributed by atoms with van der Waals surface area (Å²) in [5, 5.41) is 3.75. The molecule has 3 unspecified atom stereocenters. The molecule has 0 aromatic carbocycles. The van der Waals surface area contributed by atoms with Gasteiger partial charge in [0.05, 0.1) is 6.61 Å². The number of piperazine rings is 1. The summed E-state index contributed by atoms with van der Waals surface area (Å²) in [6.45, 7) is 17.7. The predicted molar refractivity (Wildman–Crippen MR) is 87.1 cm³/mol. The third-order valence-corrected chi connectivity index (χ3v) is 4.57. The van der Waals surface area contributed by atoms with Gasteiger partial charge in [0.25, 0.3) is 0 Å². The van der Waals surface area contributed by atoms with Crippen molar-refractivity contribution in [2.75, 3.05) is 26.3 Å². The normalized spacial score (nSPS) is 26.4. The van der Waals surface area contributed by atoms with Crippen molar-refractivity contribution in [1.29, 1.82) is 0 Å². The van der Waals surface area contributed by atoms with Crippen LogP contribution in [0, 0.1) is 11.8 Å². The first-order valence-electron chi connectivity index (χ1n) is 8.58. The maximum atomic E-state index is 5.77. The van der Waals surface area contributed by atoms with Crippen molar-refractivity contribution in [3.8, 4) is 0 Å². The molecule has 0 saturated carbocycles. The van der Waals surface area contributed by atoms with E-state index in [0.29, 0.717) is 30.0 Å². The Balaban J connectivity index is 2.78. The second-order valence-corrected chi connectivity index (χ2v) is 6.87. The van der Waals surface area contributed by atoms with E-state index in [1.807, 2.05) is 0 Å². The highest BCUT2D eigenvalue weighted by molar-refractivity contribution is 4.92. The van der Waals surface area contributed by atoms with Crippen LogP contribution in [0.25, 0.3) is 0 Å². The van der Waals surface area contributed by atoms with Crippen LogP contribution in [0.5, 0.6) is 0 Å². The average Bonchev–Trinajstić information content (AvgIpc) is 2.39. The lowest BCUT2D eigenvalue weighted by Crippen LogP contribution is -2.62. The van der Waals surface area contributed by atoms with Crippen molar-refractivity contribution in [3.63, 3.8) is 0 Å². The minimum absolute atomic E-state index is 0.545. The molecule has 1 rings (SSSR count). The summed E-state index contributed by atoms with van der Waals surface area (Å²) in [6, 6.07) is 1.83. The summed E-state index contributed by atoms with van der Waals surface area (Å²) >= 11 is 0. The van der Waals surface area contributed by atoms with Crippen molar-refractivity contribution in [1.82, 2.24) is 10.2 Å². The van der Waals surface area contributed by atoms with Crippen LogP contribution >= 0.6 is 0 Å². The van der Waals surface area contributed by atoms with Crippen molar-refractivity contribution >= 4 is 0 Å². The highest BCUT2D eigenvalue weighted by Gasteiger charge is 2.35. The van der Waals surface area contributed by atoms with Crippen molar-refractivity contribution in [2.24, 2.45) is 11.8 Å². The van der Waals surface area contributed by atoms with E-state index in [1.165, 1.54) is 19.4 Å². The largest absolute Gasteiger partial charge is 0.380 e. The van der Waals surface area contributed by atoms with Crippen molar-refractivity contribution in [3.05, 3.63) is 0 Å². The molecule has 1 saturated heterocycles. The Morgan fingerprint density at radius 1 is 1.20 bits per heavy atom. The molecule has 3 atom stereocenters. The van der Waals surface area contributed by atoms with E-state index < -0.39 is 0 Å². The lowest BCUT2D eigenvalue weighted by atomic mass is 9.92. The van der Waals surface area contributed by atoms with E-state index in [4.69, 9.17) is 4.74 Å². The fraction of sp³-hybridized carbons (Fsp3) is 1.00. The fourth-order valence-corrected chi connectivity index (χ4v) is 3.31. The van der Waals surface area contributed by atoms with E-state index in [1.54, 1.807) is 0 Å². The van der Waals surface area contributed by atoms with Gasteiger partial charge in [-0.15, -0.1) is 0 Å². The number of ether oxygens (including phenoxy) is 1. The Kier molecular flexibility index (Phi) is 8.08. The maximum absolute atomic E-state index is 5.77. The summed E-state index contributed by atoms with van der Waals surface area (Å²) in [5.41, 5.74) is 0. The highest BCUT2D eigenvalue weighted by atomic mass is 16.5. The molecule has 0 aromatic heterocycles. The van der Waals surface area contributed by atoms with Gasteiger partial charge in [0.2, 0.25) is 0 Å². The molecule has 20 heavy (non-hydrogen) atoms. The van der Waals surface area contributed by atoms with Crippen molar-refractivity contribution < 1.29 is 4.74 Å². The van der Waals surface area contributed by atoms with Crippen LogP contribution in [0.2, 0.25) is 0 Å². The van der Waals surface area contributed by atoms with Gasteiger partial charge in [-0.3, -0.25) is 4.90 Å². The summed E-state index contributed by atoms with van der Waals surface area (Å²) in [7, 11) is 0. The number of hydrogen-bond acceptors (Lipinski definition) is 3. The summed E-state index contributed by atoms with van der Waals surface area (Å²) in [6.07, 6.45) is 2.54. The van der Waals surface area contributed by atoms with Crippen molar-refractivity contribution in [2.45, 2.75) is 72.5 Å². The summed E-state index contributed by atoms with van der Waals surface area (Å²) in [4.78, 5) is 2.74. The molecule has 0 radical (unpaired) electrons. The Morgan fingerprint density at radius 2 is 1.90 bits per heavy atom. The molecule has 3 heteroatoms. The molecule has 1 aliphatic rings. The molecular formula is C17H36N2O. The minimum Gasteiger partial charge on any atom is -0.380 e. The zero-order valence-corrected chi connectivity index (χ0v) is 14.5. The van der Waals surface area contributed by atoms with Gasteiger partial charge in [0, 0.05) is 37.8 Å².